The monoisotopic (exact) mass is 327 g/mol. The number of rotatable bonds is 8. The second kappa shape index (κ2) is 8.88. The van der Waals surface area contributed by atoms with Crippen LogP contribution in [0.25, 0.3) is 0 Å². The van der Waals surface area contributed by atoms with E-state index in [1.165, 1.54) is 50.9 Å². The fraction of sp³-hybridized carbons (Fsp3) is 0.550. The van der Waals surface area contributed by atoms with Gasteiger partial charge in [0.25, 0.3) is 0 Å². The SMILES string of the molecule is COc1ccc(CCCN2CCC(CCc3ncc[nH]3)CC2)cc1. The zero-order valence-electron chi connectivity index (χ0n) is 14.7. The average Bonchev–Trinajstić information content (AvgIpc) is 3.15. The lowest BCUT2D eigenvalue weighted by Crippen LogP contribution is -2.34. The van der Waals surface area contributed by atoms with E-state index in [9.17, 15) is 0 Å². The van der Waals surface area contributed by atoms with E-state index in [-0.39, 0.29) is 0 Å². The van der Waals surface area contributed by atoms with Gasteiger partial charge in [-0.05, 0) is 75.4 Å². The maximum atomic E-state index is 5.21. The lowest BCUT2D eigenvalue weighted by Gasteiger charge is -2.31. The number of aromatic amines is 1. The first-order chi connectivity index (χ1) is 11.8. The minimum absolute atomic E-state index is 0.868. The number of methoxy groups -OCH3 is 1. The highest BCUT2D eigenvalue weighted by Crippen LogP contribution is 2.22. The van der Waals surface area contributed by atoms with Gasteiger partial charge >= 0.3 is 0 Å². The van der Waals surface area contributed by atoms with Gasteiger partial charge in [0.2, 0.25) is 0 Å². The number of nitrogens with zero attached hydrogens (tertiary/aromatic N) is 2. The Labute approximate surface area is 145 Å². The normalized spacial score (nSPS) is 16.4. The number of H-pyrrole nitrogens is 1. The van der Waals surface area contributed by atoms with Crippen LogP contribution in [0, 0.1) is 5.92 Å². The molecule has 1 aromatic carbocycles. The number of benzene rings is 1. The van der Waals surface area contributed by atoms with Gasteiger partial charge < -0.3 is 14.6 Å². The van der Waals surface area contributed by atoms with E-state index in [2.05, 4.69) is 39.1 Å². The van der Waals surface area contributed by atoms with Crippen LogP contribution in [-0.2, 0) is 12.8 Å². The number of aryl methyl sites for hydroxylation is 2. The molecule has 2 aromatic rings. The van der Waals surface area contributed by atoms with E-state index in [1.807, 2.05) is 12.4 Å². The Bertz CT molecular complexity index is 571. The summed E-state index contributed by atoms with van der Waals surface area (Å²) in [7, 11) is 1.72. The van der Waals surface area contributed by atoms with Crippen molar-refractivity contribution in [2.75, 3.05) is 26.7 Å². The number of aromatic nitrogens is 2. The largest absolute Gasteiger partial charge is 0.497 e. The van der Waals surface area contributed by atoms with Crippen LogP contribution >= 0.6 is 0 Å². The van der Waals surface area contributed by atoms with E-state index in [0.29, 0.717) is 0 Å². The summed E-state index contributed by atoms with van der Waals surface area (Å²) in [6.45, 7) is 3.73. The third-order valence-corrected chi connectivity index (χ3v) is 5.15. The molecule has 3 rings (SSSR count). The number of imidazole rings is 1. The van der Waals surface area contributed by atoms with Gasteiger partial charge in [-0.3, -0.25) is 0 Å². The quantitative estimate of drug-likeness (QED) is 0.804. The first kappa shape index (κ1) is 17.0. The van der Waals surface area contributed by atoms with Gasteiger partial charge in [-0.2, -0.15) is 0 Å². The fourth-order valence-corrected chi connectivity index (χ4v) is 3.57. The molecule has 0 bridgehead atoms. The van der Waals surface area contributed by atoms with Crippen molar-refractivity contribution in [1.29, 1.82) is 0 Å². The molecule has 130 valence electrons. The van der Waals surface area contributed by atoms with Crippen molar-refractivity contribution in [2.45, 2.75) is 38.5 Å². The average molecular weight is 327 g/mol. The second-order valence-electron chi connectivity index (χ2n) is 6.81. The summed E-state index contributed by atoms with van der Waals surface area (Å²) < 4.78 is 5.21. The molecular weight excluding hydrogens is 298 g/mol. The zero-order valence-corrected chi connectivity index (χ0v) is 14.7. The molecule has 0 saturated carbocycles. The third-order valence-electron chi connectivity index (χ3n) is 5.15. The van der Waals surface area contributed by atoms with Crippen LogP contribution < -0.4 is 4.74 Å². The number of piperidine rings is 1. The first-order valence-corrected chi connectivity index (χ1v) is 9.17. The van der Waals surface area contributed by atoms with Crippen molar-refractivity contribution >= 4 is 0 Å². The summed E-state index contributed by atoms with van der Waals surface area (Å²) in [6, 6.07) is 8.47. The van der Waals surface area contributed by atoms with Crippen molar-refractivity contribution in [1.82, 2.24) is 14.9 Å². The standard InChI is InChI=1S/C20H29N3O/c1-24-19-7-4-17(5-8-19)3-2-14-23-15-10-18(11-16-23)6-9-20-21-12-13-22-20/h4-5,7-8,12-13,18H,2-3,6,9-11,14-16H2,1H3,(H,21,22). The molecule has 1 N–H and O–H groups in total. The van der Waals surface area contributed by atoms with Gasteiger partial charge in [0, 0.05) is 18.8 Å². The topological polar surface area (TPSA) is 41.1 Å². The molecule has 0 radical (unpaired) electrons. The Morgan fingerprint density at radius 2 is 1.96 bits per heavy atom. The van der Waals surface area contributed by atoms with Gasteiger partial charge in [-0.15, -0.1) is 0 Å². The molecule has 0 unspecified atom stereocenters. The van der Waals surface area contributed by atoms with Crippen molar-refractivity contribution in [3.05, 3.63) is 48.0 Å². The number of ether oxygens (including phenoxy) is 1. The van der Waals surface area contributed by atoms with Gasteiger partial charge in [0.15, 0.2) is 0 Å². The van der Waals surface area contributed by atoms with Crippen LogP contribution in [0.1, 0.15) is 37.1 Å². The predicted octanol–water partition coefficient (Wildman–Crippen LogP) is 3.70. The van der Waals surface area contributed by atoms with E-state index >= 15 is 0 Å². The first-order valence-electron chi connectivity index (χ1n) is 9.17. The Morgan fingerprint density at radius 1 is 1.17 bits per heavy atom. The molecule has 0 aliphatic carbocycles. The van der Waals surface area contributed by atoms with Crippen LogP contribution in [0.5, 0.6) is 5.75 Å². The molecule has 1 aliphatic rings. The maximum absolute atomic E-state index is 5.21. The number of nitrogens with one attached hydrogen (secondary N) is 1. The van der Waals surface area contributed by atoms with Crippen molar-refractivity contribution < 1.29 is 4.74 Å². The van der Waals surface area contributed by atoms with Gasteiger partial charge in [-0.1, -0.05) is 12.1 Å². The highest BCUT2D eigenvalue weighted by molar-refractivity contribution is 5.27. The molecular formula is C20H29N3O. The summed E-state index contributed by atoms with van der Waals surface area (Å²) >= 11 is 0. The number of hydrogen-bond acceptors (Lipinski definition) is 3. The minimum Gasteiger partial charge on any atom is -0.497 e. The summed E-state index contributed by atoms with van der Waals surface area (Å²) in [5.41, 5.74) is 1.41. The summed E-state index contributed by atoms with van der Waals surface area (Å²) in [4.78, 5) is 10.2. The highest BCUT2D eigenvalue weighted by atomic mass is 16.5. The van der Waals surface area contributed by atoms with E-state index in [1.54, 1.807) is 7.11 Å². The molecule has 2 heterocycles. The molecule has 1 aromatic heterocycles. The summed E-state index contributed by atoms with van der Waals surface area (Å²) in [5.74, 6) is 2.94. The van der Waals surface area contributed by atoms with Crippen LogP contribution in [-0.4, -0.2) is 41.6 Å². The number of likely N-dealkylation sites (tertiary alicyclic amines) is 1. The van der Waals surface area contributed by atoms with Crippen molar-refractivity contribution in [3.8, 4) is 5.75 Å². The molecule has 1 aliphatic heterocycles. The van der Waals surface area contributed by atoms with Gasteiger partial charge in [0.05, 0.1) is 7.11 Å². The summed E-state index contributed by atoms with van der Waals surface area (Å²) in [6.07, 6.45) is 11.2. The Kier molecular flexibility index (Phi) is 6.30. The summed E-state index contributed by atoms with van der Waals surface area (Å²) in [5, 5.41) is 0. The molecule has 1 saturated heterocycles. The predicted molar refractivity (Wildman–Crippen MR) is 97.4 cm³/mol. The van der Waals surface area contributed by atoms with Gasteiger partial charge in [-0.25, -0.2) is 4.98 Å². The molecule has 24 heavy (non-hydrogen) atoms. The Balaban J connectivity index is 1.30. The maximum Gasteiger partial charge on any atom is 0.118 e. The van der Waals surface area contributed by atoms with Crippen LogP contribution in [0.2, 0.25) is 0 Å². The van der Waals surface area contributed by atoms with E-state index in [4.69, 9.17) is 4.74 Å². The molecule has 0 atom stereocenters. The third kappa shape index (κ3) is 5.10. The molecule has 1 fully saturated rings. The van der Waals surface area contributed by atoms with E-state index in [0.717, 1.165) is 30.3 Å². The highest BCUT2D eigenvalue weighted by Gasteiger charge is 2.18. The van der Waals surface area contributed by atoms with Crippen LogP contribution in [0.4, 0.5) is 0 Å². The van der Waals surface area contributed by atoms with Crippen LogP contribution in [0.15, 0.2) is 36.7 Å². The van der Waals surface area contributed by atoms with Crippen LogP contribution in [0.3, 0.4) is 0 Å². The van der Waals surface area contributed by atoms with Gasteiger partial charge in [0.1, 0.15) is 11.6 Å². The molecule has 4 nitrogen and oxygen atoms in total. The van der Waals surface area contributed by atoms with E-state index < -0.39 is 0 Å². The number of hydrogen-bond donors (Lipinski definition) is 1. The zero-order chi connectivity index (χ0) is 16.6. The molecule has 0 amide bonds. The molecule has 0 spiro atoms. The van der Waals surface area contributed by atoms with Crippen molar-refractivity contribution in [3.63, 3.8) is 0 Å². The smallest absolute Gasteiger partial charge is 0.118 e. The Hall–Kier alpha value is -1.81. The molecule has 4 heteroatoms. The minimum atomic E-state index is 0.868. The van der Waals surface area contributed by atoms with Crippen molar-refractivity contribution in [2.24, 2.45) is 5.92 Å². The Morgan fingerprint density at radius 3 is 2.62 bits per heavy atom. The lowest BCUT2D eigenvalue weighted by atomic mass is 9.92. The lowest BCUT2D eigenvalue weighted by molar-refractivity contribution is 0.177. The fourth-order valence-electron chi connectivity index (χ4n) is 3.57. The second-order valence-corrected chi connectivity index (χ2v) is 6.81.